The normalized spacial score (nSPS) is 14.0. The Kier molecular flexibility index (Phi) is 5.10. The molecular formula is C11H11BrF5N. The fourth-order valence-electron chi connectivity index (χ4n) is 1.33. The standard InChI is InChI=1S/C11H11BrF5N/c1-6(18-5-11(16,17)10(14)15)8-3-2-7(13)4-9(8)12/h2-4,6,10,18H,5H2,1H3. The molecular weight excluding hydrogens is 321 g/mol. The maximum absolute atomic E-state index is 12.8. The summed E-state index contributed by atoms with van der Waals surface area (Å²) in [5.41, 5.74) is 0.515. The third kappa shape index (κ3) is 3.91. The van der Waals surface area contributed by atoms with Gasteiger partial charge < -0.3 is 5.32 Å². The van der Waals surface area contributed by atoms with Crippen molar-refractivity contribution >= 4 is 15.9 Å². The molecule has 0 fully saturated rings. The first-order valence-electron chi connectivity index (χ1n) is 5.08. The van der Waals surface area contributed by atoms with Crippen LogP contribution < -0.4 is 5.32 Å². The molecule has 0 radical (unpaired) electrons. The molecule has 0 heterocycles. The van der Waals surface area contributed by atoms with E-state index in [0.29, 0.717) is 10.0 Å². The fourth-order valence-corrected chi connectivity index (χ4v) is 2.02. The van der Waals surface area contributed by atoms with Crippen molar-refractivity contribution in [3.05, 3.63) is 34.1 Å². The van der Waals surface area contributed by atoms with E-state index < -0.39 is 30.8 Å². The van der Waals surface area contributed by atoms with E-state index in [1.807, 2.05) is 0 Å². The number of hydrogen-bond acceptors (Lipinski definition) is 1. The molecule has 0 bridgehead atoms. The highest BCUT2D eigenvalue weighted by molar-refractivity contribution is 9.10. The summed E-state index contributed by atoms with van der Waals surface area (Å²) < 4.78 is 62.5. The van der Waals surface area contributed by atoms with Crippen LogP contribution in [-0.4, -0.2) is 18.9 Å². The molecule has 0 saturated carbocycles. The molecule has 0 saturated heterocycles. The third-order valence-electron chi connectivity index (χ3n) is 2.39. The lowest BCUT2D eigenvalue weighted by atomic mass is 10.1. The van der Waals surface area contributed by atoms with Crippen LogP contribution in [0.3, 0.4) is 0 Å². The zero-order valence-corrected chi connectivity index (χ0v) is 10.9. The van der Waals surface area contributed by atoms with Crippen LogP contribution in [-0.2, 0) is 0 Å². The highest BCUT2D eigenvalue weighted by atomic mass is 79.9. The van der Waals surface area contributed by atoms with Gasteiger partial charge in [-0.3, -0.25) is 0 Å². The van der Waals surface area contributed by atoms with Crippen molar-refractivity contribution in [2.75, 3.05) is 6.54 Å². The van der Waals surface area contributed by atoms with E-state index in [-0.39, 0.29) is 0 Å². The summed E-state index contributed by atoms with van der Waals surface area (Å²) in [6.45, 7) is 0.384. The van der Waals surface area contributed by atoms with Gasteiger partial charge in [-0.05, 0) is 24.6 Å². The molecule has 102 valence electrons. The SMILES string of the molecule is CC(NCC(F)(F)C(F)F)c1ccc(F)cc1Br. The minimum atomic E-state index is -4.08. The van der Waals surface area contributed by atoms with Crippen molar-refractivity contribution in [2.24, 2.45) is 0 Å². The zero-order chi connectivity index (χ0) is 13.9. The van der Waals surface area contributed by atoms with Crippen LogP contribution in [0.4, 0.5) is 22.0 Å². The Balaban J connectivity index is 2.69. The quantitative estimate of drug-likeness (QED) is 0.799. The van der Waals surface area contributed by atoms with Gasteiger partial charge in [-0.15, -0.1) is 0 Å². The molecule has 0 aliphatic rings. The minimum absolute atomic E-state index is 0.392. The molecule has 0 amide bonds. The molecule has 0 aromatic heterocycles. The van der Waals surface area contributed by atoms with Crippen LogP contribution in [0.1, 0.15) is 18.5 Å². The summed E-state index contributed by atoms with van der Waals surface area (Å²) in [6, 6.07) is 3.14. The molecule has 1 rings (SSSR count). The summed E-state index contributed by atoms with van der Waals surface area (Å²) in [6.07, 6.45) is -3.71. The van der Waals surface area contributed by atoms with E-state index in [2.05, 4.69) is 21.2 Å². The summed E-state index contributed by atoms with van der Waals surface area (Å²) in [4.78, 5) is 0. The Hall–Kier alpha value is -0.690. The van der Waals surface area contributed by atoms with Gasteiger partial charge in [0.15, 0.2) is 0 Å². The smallest absolute Gasteiger partial charge is 0.304 e. The molecule has 1 atom stereocenters. The number of alkyl halides is 4. The van der Waals surface area contributed by atoms with E-state index in [4.69, 9.17) is 0 Å². The van der Waals surface area contributed by atoms with Gasteiger partial charge in [0, 0.05) is 10.5 Å². The van der Waals surface area contributed by atoms with Gasteiger partial charge in [0.1, 0.15) is 5.82 Å². The van der Waals surface area contributed by atoms with Gasteiger partial charge in [-0.1, -0.05) is 22.0 Å². The highest BCUT2D eigenvalue weighted by Crippen LogP contribution is 2.26. The van der Waals surface area contributed by atoms with Crippen molar-refractivity contribution in [2.45, 2.75) is 25.3 Å². The van der Waals surface area contributed by atoms with Gasteiger partial charge in [0.05, 0.1) is 6.54 Å². The predicted octanol–water partition coefficient (Wildman–Crippen LogP) is 4.14. The number of rotatable bonds is 5. The summed E-state index contributed by atoms with van der Waals surface area (Å²) in [5, 5.41) is 2.30. The predicted molar refractivity (Wildman–Crippen MR) is 61.5 cm³/mol. The average molecular weight is 332 g/mol. The molecule has 7 heteroatoms. The Morgan fingerprint density at radius 3 is 2.44 bits per heavy atom. The Labute approximate surface area is 110 Å². The van der Waals surface area contributed by atoms with E-state index in [0.717, 1.165) is 0 Å². The second kappa shape index (κ2) is 5.97. The fraction of sp³-hybridized carbons (Fsp3) is 0.455. The second-order valence-corrected chi connectivity index (χ2v) is 4.68. The number of hydrogen-bond donors (Lipinski definition) is 1. The maximum Gasteiger partial charge on any atom is 0.319 e. The lowest BCUT2D eigenvalue weighted by molar-refractivity contribution is -0.126. The first kappa shape index (κ1) is 15.4. The van der Waals surface area contributed by atoms with Gasteiger partial charge in [-0.25, -0.2) is 13.2 Å². The Bertz CT molecular complexity index is 410. The molecule has 1 N–H and O–H groups in total. The highest BCUT2D eigenvalue weighted by Gasteiger charge is 2.40. The monoisotopic (exact) mass is 331 g/mol. The minimum Gasteiger partial charge on any atom is -0.304 e. The van der Waals surface area contributed by atoms with E-state index >= 15 is 0 Å². The van der Waals surface area contributed by atoms with Crippen molar-refractivity contribution < 1.29 is 22.0 Å². The molecule has 0 aliphatic carbocycles. The van der Waals surface area contributed by atoms with Crippen LogP contribution in [0.15, 0.2) is 22.7 Å². The van der Waals surface area contributed by atoms with Crippen LogP contribution in [0.2, 0.25) is 0 Å². The third-order valence-corrected chi connectivity index (χ3v) is 3.08. The van der Waals surface area contributed by atoms with E-state index in [9.17, 15) is 22.0 Å². The van der Waals surface area contributed by atoms with Crippen LogP contribution >= 0.6 is 15.9 Å². The first-order valence-corrected chi connectivity index (χ1v) is 5.87. The topological polar surface area (TPSA) is 12.0 Å². The molecule has 0 aliphatic heterocycles. The van der Waals surface area contributed by atoms with Crippen molar-refractivity contribution in [1.29, 1.82) is 0 Å². The van der Waals surface area contributed by atoms with Crippen molar-refractivity contribution in [3.8, 4) is 0 Å². The number of halogens is 6. The van der Waals surface area contributed by atoms with Gasteiger partial charge in [-0.2, -0.15) is 8.78 Å². The number of nitrogens with one attached hydrogen (secondary N) is 1. The van der Waals surface area contributed by atoms with E-state index in [1.165, 1.54) is 25.1 Å². The molecule has 18 heavy (non-hydrogen) atoms. The summed E-state index contributed by atoms with van der Waals surface area (Å²) in [7, 11) is 0. The summed E-state index contributed by atoms with van der Waals surface area (Å²) in [5.74, 6) is -4.56. The molecule has 1 unspecified atom stereocenters. The lowest BCUT2D eigenvalue weighted by Crippen LogP contribution is -2.39. The van der Waals surface area contributed by atoms with Gasteiger partial charge in [0.25, 0.3) is 0 Å². The second-order valence-electron chi connectivity index (χ2n) is 3.83. The van der Waals surface area contributed by atoms with Gasteiger partial charge in [0.2, 0.25) is 0 Å². The maximum atomic E-state index is 12.8. The zero-order valence-electron chi connectivity index (χ0n) is 9.36. The molecule has 1 aromatic carbocycles. The van der Waals surface area contributed by atoms with Crippen LogP contribution in [0, 0.1) is 5.82 Å². The van der Waals surface area contributed by atoms with E-state index in [1.54, 1.807) is 0 Å². The number of benzene rings is 1. The average Bonchev–Trinajstić information content (AvgIpc) is 2.25. The van der Waals surface area contributed by atoms with Crippen molar-refractivity contribution in [3.63, 3.8) is 0 Å². The molecule has 0 spiro atoms. The first-order chi connectivity index (χ1) is 8.24. The molecule has 1 aromatic rings. The lowest BCUT2D eigenvalue weighted by Gasteiger charge is -2.20. The molecule has 1 nitrogen and oxygen atoms in total. The van der Waals surface area contributed by atoms with Crippen molar-refractivity contribution in [1.82, 2.24) is 5.32 Å². The van der Waals surface area contributed by atoms with Crippen LogP contribution in [0.5, 0.6) is 0 Å². The Morgan fingerprint density at radius 2 is 1.94 bits per heavy atom. The Morgan fingerprint density at radius 1 is 1.33 bits per heavy atom. The van der Waals surface area contributed by atoms with Crippen LogP contribution in [0.25, 0.3) is 0 Å². The van der Waals surface area contributed by atoms with Gasteiger partial charge >= 0.3 is 12.3 Å². The largest absolute Gasteiger partial charge is 0.319 e. The summed E-state index contributed by atoms with van der Waals surface area (Å²) >= 11 is 3.08.